The summed E-state index contributed by atoms with van der Waals surface area (Å²) in [6, 6.07) is 3.73. The van der Waals surface area contributed by atoms with E-state index in [1.54, 1.807) is 16.9 Å². The third-order valence-corrected chi connectivity index (χ3v) is 3.69. The number of alkyl halides is 3. The zero-order chi connectivity index (χ0) is 14.8. The normalized spacial score (nSPS) is 19.7. The Bertz CT molecular complexity index is 494. The zero-order valence-electron chi connectivity index (χ0n) is 10.9. The monoisotopic (exact) mass is 287 g/mol. The molecule has 0 bridgehead atoms. The largest absolute Gasteiger partial charge is 0.401 e. The first-order valence-electron chi connectivity index (χ1n) is 6.32. The molecule has 1 aromatic rings. The summed E-state index contributed by atoms with van der Waals surface area (Å²) in [5, 5.41) is 13.1. The Morgan fingerprint density at radius 3 is 2.50 bits per heavy atom. The van der Waals surface area contributed by atoms with Crippen molar-refractivity contribution in [3.63, 3.8) is 0 Å². The number of hydrogen-bond acceptors (Lipinski definition) is 4. The molecule has 1 saturated heterocycles. The van der Waals surface area contributed by atoms with Crippen molar-refractivity contribution in [2.75, 3.05) is 25.4 Å². The molecule has 0 saturated carbocycles. The standard InChI is InChI=1S/C12H16F3N5/c13-12(14,15)9-19-7-3-11(2-5-16,4-8-19)20-6-1-10(17)18-20/h1,6H,2-4,7-9H2,(H2,17,18). The van der Waals surface area contributed by atoms with Gasteiger partial charge in [-0.3, -0.25) is 9.58 Å². The Morgan fingerprint density at radius 2 is 2.05 bits per heavy atom. The fraction of sp³-hybridized carbons (Fsp3) is 0.667. The topological polar surface area (TPSA) is 70.9 Å². The highest BCUT2D eigenvalue weighted by Gasteiger charge is 2.40. The fourth-order valence-corrected chi connectivity index (χ4v) is 2.62. The van der Waals surface area contributed by atoms with Gasteiger partial charge in [0.2, 0.25) is 0 Å². The van der Waals surface area contributed by atoms with Gasteiger partial charge in [-0.25, -0.2) is 0 Å². The van der Waals surface area contributed by atoms with Crippen molar-refractivity contribution in [2.24, 2.45) is 0 Å². The average Bonchev–Trinajstić information content (AvgIpc) is 2.78. The molecule has 2 heterocycles. The molecule has 1 aromatic heterocycles. The lowest BCUT2D eigenvalue weighted by atomic mass is 9.85. The number of nitrogens with zero attached hydrogens (tertiary/aromatic N) is 4. The molecule has 2 rings (SSSR count). The number of nitrogen functional groups attached to an aromatic ring is 1. The number of rotatable bonds is 3. The molecule has 0 spiro atoms. The number of likely N-dealkylation sites (tertiary alicyclic amines) is 1. The highest BCUT2D eigenvalue weighted by molar-refractivity contribution is 5.24. The SMILES string of the molecule is N#CCC1(n2ccc(N)n2)CCN(CC(F)(F)F)CC1. The van der Waals surface area contributed by atoms with E-state index in [1.807, 2.05) is 0 Å². The van der Waals surface area contributed by atoms with Crippen LogP contribution in [0.3, 0.4) is 0 Å². The summed E-state index contributed by atoms with van der Waals surface area (Å²) in [4.78, 5) is 1.36. The number of halogens is 3. The Labute approximate surface area is 114 Å². The molecule has 110 valence electrons. The highest BCUT2D eigenvalue weighted by Crippen LogP contribution is 2.34. The molecule has 0 atom stereocenters. The Balaban J connectivity index is 2.09. The molecular weight excluding hydrogens is 271 g/mol. The van der Waals surface area contributed by atoms with Gasteiger partial charge in [0.05, 0.1) is 24.6 Å². The van der Waals surface area contributed by atoms with Gasteiger partial charge in [0.15, 0.2) is 0 Å². The number of aromatic nitrogens is 2. The van der Waals surface area contributed by atoms with Gasteiger partial charge in [0.1, 0.15) is 5.82 Å². The molecule has 1 fully saturated rings. The molecule has 2 N–H and O–H groups in total. The number of nitrogens with two attached hydrogens (primary N) is 1. The van der Waals surface area contributed by atoms with Crippen molar-refractivity contribution >= 4 is 5.82 Å². The first kappa shape index (κ1) is 14.7. The number of hydrogen-bond donors (Lipinski definition) is 1. The molecule has 1 aliphatic heterocycles. The van der Waals surface area contributed by atoms with Crippen LogP contribution in [0.15, 0.2) is 12.3 Å². The molecule has 0 unspecified atom stereocenters. The second-order valence-corrected chi connectivity index (χ2v) is 5.14. The molecule has 0 amide bonds. The van der Waals surface area contributed by atoms with Crippen LogP contribution in [0.4, 0.5) is 19.0 Å². The van der Waals surface area contributed by atoms with Gasteiger partial charge in [0, 0.05) is 19.3 Å². The van der Waals surface area contributed by atoms with E-state index >= 15 is 0 Å². The Kier molecular flexibility index (Phi) is 3.90. The van der Waals surface area contributed by atoms with Gasteiger partial charge >= 0.3 is 6.18 Å². The number of piperidine rings is 1. The highest BCUT2D eigenvalue weighted by atomic mass is 19.4. The van der Waals surface area contributed by atoms with Crippen molar-refractivity contribution in [1.82, 2.24) is 14.7 Å². The van der Waals surface area contributed by atoms with Crippen molar-refractivity contribution in [1.29, 1.82) is 5.26 Å². The fourth-order valence-electron chi connectivity index (χ4n) is 2.62. The summed E-state index contributed by atoms with van der Waals surface area (Å²) < 4.78 is 38.8. The van der Waals surface area contributed by atoms with Gasteiger partial charge in [-0.15, -0.1) is 0 Å². The lowest BCUT2D eigenvalue weighted by Gasteiger charge is -2.40. The van der Waals surface area contributed by atoms with E-state index in [0.29, 0.717) is 31.7 Å². The zero-order valence-corrected chi connectivity index (χ0v) is 10.9. The maximum absolute atomic E-state index is 12.4. The van der Waals surface area contributed by atoms with Crippen molar-refractivity contribution in [3.05, 3.63) is 12.3 Å². The molecule has 0 aromatic carbocycles. The lowest BCUT2D eigenvalue weighted by molar-refractivity contribution is -0.150. The van der Waals surface area contributed by atoms with Crippen LogP contribution >= 0.6 is 0 Å². The summed E-state index contributed by atoms with van der Waals surface area (Å²) in [6.45, 7) is -0.321. The minimum atomic E-state index is -4.19. The predicted molar refractivity (Wildman–Crippen MR) is 66.6 cm³/mol. The van der Waals surface area contributed by atoms with E-state index < -0.39 is 18.3 Å². The van der Waals surface area contributed by atoms with E-state index in [-0.39, 0.29) is 6.42 Å². The first-order chi connectivity index (χ1) is 9.35. The third-order valence-electron chi connectivity index (χ3n) is 3.69. The molecule has 8 heteroatoms. The summed E-state index contributed by atoms with van der Waals surface area (Å²) in [5.74, 6) is 0.347. The predicted octanol–water partition coefficient (Wildman–Crippen LogP) is 1.73. The Hall–Kier alpha value is -1.75. The van der Waals surface area contributed by atoms with Crippen LogP contribution in [-0.4, -0.2) is 40.5 Å². The molecule has 20 heavy (non-hydrogen) atoms. The van der Waals surface area contributed by atoms with Crippen molar-refractivity contribution in [3.8, 4) is 6.07 Å². The second-order valence-electron chi connectivity index (χ2n) is 5.14. The molecule has 0 aliphatic carbocycles. The molecule has 0 radical (unpaired) electrons. The van der Waals surface area contributed by atoms with Gasteiger partial charge in [0.25, 0.3) is 0 Å². The van der Waals surface area contributed by atoms with Crippen LogP contribution in [-0.2, 0) is 5.54 Å². The first-order valence-corrected chi connectivity index (χ1v) is 6.32. The number of nitriles is 1. The Morgan fingerprint density at radius 1 is 1.40 bits per heavy atom. The van der Waals surface area contributed by atoms with E-state index in [9.17, 15) is 13.2 Å². The summed E-state index contributed by atoms with van der Waals surface area (Å²) in [6.07, 6.45) is -1.37. The minimum absolute atomic E-state index is 0.216. The molecule has 5 nitrogen and oxygen atoms in total. The van der Waals surface area contributed by atoms with Gasteiger partial charge in [-0.1, -0.05) is 0 Å². The van der Waals surface area contributed by atoms with Crippen LogP contribution in [0.2, 0.25) is 0 Å². The quantitative estimate of drug-likeness (QED) is 0.919. The van der Waals surface area contributed by atoms with Crippen LogP contribution in [0.5, 0.6) is 0 Å². The summed E-state index contributed by atoms with van der Waals surface area (Å²) in [7, 11) is 0. The second kappa shape index (κ2) is 5.32. The van der Waals surface area contributed by atoms with E-state index in [0.717, 1.165) is 0 Å². The van der Waals surface area contributed by atoms with Crippen LogP contribution in [0.25, 0.3) is 0 Å². The van der Waals surface area contributed by atoms with E-state index in [1.165, 1.54) is 4.90 Å². The smallest absolute Gasteiger partial charge is 0.382 e. The van der Waals surface area contributed by atoms with Crippen molar-refractivity contribution < 1.29 is 13.2 Å². The molecular formula is C12H16F3N5. The minimum Gasteiger partial charge on any atom is -0.382 e. The van der Waals surface area contributed by atoms with Gasteiger partial charge in [-0.05, 0) is 18.9 Å². The molecule has 1 aliphatic rings. The summed E-state index contributed by atoms with van der Waals surface area (Å²) in [5.41, 5.74) is 5.03. The maximum Gasteiger partial charge on any atom is 0.401 e. The average molecular weight is 287 g/mol. The third kappa shape index (κ3) is 3.22. The summed E-state index contributed by atoms with van der Waals surface area (Å²) >= 11 is 0. The number of anilines is 1. The van der Waals surface area contributed by atoms with E-state index in [4.69, 9.17) is 11.0 Å². The van der Waals surface area contributed by atoms with Crippen molar-refractivity contribution in [2.45, 2.75) is 31.0 Å². The van der Waals surface area contributed by atoms with Crippen LogP contribution in [0.1, 0.15) is 19.3 Å². The van der Waals surface area contributed by atoms with Crippen LogP contribution < -0.4 is 5.73 Å². The lowest BCUT2D eigenvalue weighted by Crippen LogP contribution is -2.48. The van der Waals surface area contributed by atoms with Crippen LogP contribution in [0, 0.1) is 11.3 Å². The van der Waals surface area contributed by atoms with Gasteiger partial charge < -0.3 is 5.73 Å². The van der Waals surface area contributed by atoms with E-state index in [2.05, 4.69) is 11.2 Å². The van der Waals surface area contributed by atoms with Gasteiger partial charge in [-0.2, -0.15) is 23.5 Å². The maximum atomic E-state index is 12.4.